The molecule has 0 bridgehead atoms. The van der Waals surface area contributed by atoms with Gasteiger partial charge in [-0.3, -0.25) is 0 Å². The Kier molecular flexibility index (Phi) is 2.84. The second-order valence-corrected chi connectivity index (χ2v) is 4.04. The molecule has 0 saturated heterocycles. The Hall–Kier alpha value is -1.29. The predicted molar refractivity (Wildman–Crippen MR) is 56.8 cm³/mol. The van der Waals surface area contributed by atoms with Crippen molar-refractivity contribution >= 4 is 0 Å². The lowest BCUT2D eigenvalue weighted by atomic mass is 9.76. The Morgan fingerprint density at radius 2 is 1.79 bits per heavy atom. The topological polar surface area (TPSA) is 23.8 Å². The van der Waals surface area contributed by atoms with Gasteiger partial charge in [0.25, 0.3) is 0 Å². The van der Waals surface area contributed by atoms with Crippen molar-refractivity contribution in [1.29, 1.82) is 5.26 Å². The highest BCUT2D eigenvalue weighted by atomic mass is 14.3. The molecule has 0 radical (unpaired) electrons. The van der Waals surface area contributed by atoms with Crippen LogP contribution in [0.25, 0.3) is 0 Å². The first kappa shape index (κ1) is 9.27. The summed E-state index contributed by atoms with van der Waals surface area (Å²) in [7, 11) is 0. The molecule has 0 N–H and O–H groups in total. The van der Waals surface area contributed by atoms with E-state index in [2.05, 4.69) is 30.3 Å². The van der Waals surface area contributed by atoms with Crippen molar-refractivity contribution < 1.29 is 0 Å². The highest BCUT2D eigenvalue weighted by Gasteiger charge is 2.25. The van der Waals surface area contributed by atoms with Crippen LogP contribution in [0.3, 0.4) is 0 Å². The molecule has 14 heavy (non-hydrogen) atoms. The molecular weight excluding hydrogens is 170 g/mol. The monoisotopic (exact) mass is 185 g/mol. The molecule has 1 heteroatoms. The van der Waals surface area contributed by atoms with E-state index >= 15 is 0 Å². The number of nitrogens with zero attached hydrogens (tertiary/aromatic N) is 1. The van der Waals surface area contributed by atoms with Gasteiger partial charge in [-0.2, -0.15) is 5.26 Å². The van der Waals surface area contributed by atoms with Crippen molar-refractivity contribution in [3.8, 4) is 6.07 Å². The average molecular weight is 185 g/mol. The Bertz CT molecular complexity index is 323. The first-order chi connectivity index (χ1) is 6.92. The minimum atomic E-state index is 0.242. The van der Waals surface area contributed by atoms with Gasteiger partial charge in [-0.05, 0) is 24.3 Å². The zero-order valence-electron chi connectivity index (χ0n) is 8.32. The van der Waals surface area contributed by atoms with E-state index in [4.69, 9.17) is 5.26 Å². The molecule has 0 amide bonds. The third kappa shape index (κ3) is 1.80. The first-order valence-electron chi connectivity index (χ1n) is 5.36. The van der Waals surface area contributed by atoms with Crippen LogP contribution in [-0.2, 0) is 0 Å². The van der Waals surface area contributed by atoms with Crippen molar-refractivity contribution in [3.05, 3.63) is 35.9 Å². The molecule has 1 aromatic carbocycles. The summed E-state index contributed by atoms with van der Waals surface area (Å²) in [4.78, 5) is 0. The van der Waals surface area contributed by atoms with Crippen LogP contribution in [-0.4, -0.2) is 0 Å². The summed E-state index contributed by atoms with van der Waals surface area (Å²) in [5, 5.41) is 9.07. The third-order valence-corrected chi connectivity index (χ3v) is 3.16. The smallest absolute Gasteiger partial charge is 0.0662 e. The Morgan fingerprint density at radius 1 is 1.07 bits per heavy atom. The predicted octanol–water partition coefficient (Wildman–Crippen LogP) is 3.48. The van der Waals surface area contributed by atoms with Crippen LogP contribution in [0.5, 0.6) is 0 Å². The van der Waals surface area contributed by atoms with Gasteiger partial charge in [0.15, 0.2) is 0 Å². The molecule has 0 heterocycles. The third-order valence-electron chi connectivity index (χ3n) is 3.16. The largest absolute Gasteiger partial charge is 0.198 e. The summed E-state index contributed by atoms with van der Waals surface area (Å²) in [5.41, 5.74) is 1.35. The minimum Gasteiger partial charge on any atom is -0.198 e. The molecule has 0 aliphatic heterocycles. The number of hydrogen-bond donors (Lipinski definition) is 0. The number of benzene rings is 1. The zero-order chi connectivity index (χ0) is 9.80. The van der Waals surface area contributed by atoms with E-state index in [9.17, 15) is 0 Å². The Morgan fingerprint density at radius 3 is 2.50 bits per heavy atom. The van der Waals surface area contributed by atoms with Crippen molar-refractivity contribution in [2.45, 2.75) is 31.6 Å². The molecule has 2 atom stereocenters. The van der Waals surface area contributed by atoms with Gasteiger partial charge in [0, 0.05) is 0 Å². The summed E-state index contributed by atoms with van der Waals surface area (Å²) in [6.07, 6.45) is 4.76. The van der Waals surface area contributed by atoms with Crippen LogP contribution >= 0.6 is 0 Å². The molecule has 2 unspecified atom stereocenters. The lowest BCUT2D eigenvalue weighted by molar-refractivity contribution is 0.369. The lowest BCUT2D eigenvalue weighted by Gasteiger charge is -2.26. The van der Waals surface area contributed by atoms with Crippen LogP contribution in [0.4, 0.5) is 0 Å². The fourth-order valence-electron chi connectivity index (χ4n) is 2.38. The van der Waals surface area contributed by atoms with E-state index in [1.807, 2.05) is 6.07 Å². The number of rotatable bonds is 1. The van der Waals surface area contributed by atoms with Crippen LogP contribution in [0, 0.1) is 17.2 Å². The molecule has 1 aliphatic rings. The number of hydrogen-bond acceptors (Lipinski definition) is 1. The van der Waals surface area contributed by atoms with Crippen LogP contribution in [0.1, 0.15) is 37.2 Å². The van der Waals surface area contributed by atoms with Gasteiger partial charge >= 0.3 is 0 Å². The van der Waals surface area contributed by atoms with Gasteiger partial charge in [0.05, 0.1) is 12.0 Å². The molecule has 0 spiro atoms. The van der Waals surface area contributed by atoms with Crippen LogP contribution < -0.4 is 0 Å². The fourth-order valence-corrected chi connectivity index (χ4v) is 2.38. The van der Waals surface area contributed by atoms with Gasteiger partial charge in [-0.1, -0.05) is 43.2 Å². The molecule has 2 rings (SSSR count). The summed E-state index contributed by atoms with van der Waals surface area (Å²) in [6.45, 7) is 0. The summed E-state index contributed by atoms with van der Waals surface area (Å²) in [6, 6.07) is 12.9. The Balaban J connectivity index is 2.20. The van der Waals surface area contributed by atoms with E-state index < -0.39 is 0 Å². The maximum absolute atomic E-state index is 9.07. The van der Waals surface area contributed by atoms with E-state index in [0.717, 1.165) is 6.42 Å². The fraction of sp³-hybridized carbons (Fsp3) is 0.462. The highest BCUT2D eigenvalue weighted by molar-refractivity contribution is 5.22. The SMILES string of the molecule is N#CC1CCCCC1c1ccccc1. The van der Waals surface area contributed by atoms with Crippen molar-refractivity contribution in [2.24, 2.45) is 5.92 Å². The van der Waals surface area contributed by atoms with Gasteiger partial charge in [0.2, 0.25) is 0 Å². The van der Waals surface area contributed by atoms with Gasteiger partial charge in [-0.25, -0.2) is 0 Å². The summed E-state index contributed by atoms with van der Waals surface area (Å²) < 4.78 is 0. The summed E-state index contributed by atoms with van der Waals surface area (Å²) >= 11 is 0. The minimum absolute atomic E-state index is 0.242. The lowest BCUT2D eigenvalue weighted by Crippen LogP contribution is -2.15. The standard InChI is InChI=1S/C13H15N/c14-10-12-8-4-5-9-13(12)11-6-2-1-3-7-11/h1-3,6-7,12-13H,4-5,8-9H2. The molecule has 1 saturated carbocycles. The first-order valence-corrected chi connectivity index (χ1v) is 5.36. The normalized spacial score (nSPS) is 26.8. The van der Waals surface area contributed by atoms with Crippen molar-refractivity contribution in [3.63, 3.8) is 0 Å². The quantitative estimate of drug-likeness (QED) is 0.657. The maximum atomic E-state index is 9.07. The molecule has 1 aromatic rings. The molecule has 1 fully saturated rings. The van der Waals surface area contributed by atoms with Gasteiger partial charge in [-0.15, -0.1) is 0 Å². The van der Waals surface area contributed by atoms with E-state index in [-0.39, 0.29) is 5.92 Å². The molecular formula is C13H15N. The molecule has 72 valence electrons. The van der Waals surface area contributed by atoms with E-state index in [1.165, 1.54) is 24.8 Å². The highest BCUT2D eigenvalue weighted by Crippen LogP contribution is 2.36. The van der Waals surface area contributed by atoms with E-state index in [1.54, 1.807) is 0 Å². The second-order valence-electron chi connectivity index (χ2n) is 4.04. The second kappa shape index (κ2) is 4.28. The average Bonchev–Trinajstić information content (AvgIpc) is 2.30. The molecule has 1 aliphatic carbocycles. The number of nitriles is 1. The van der Waals surface area contributed by atoms with Crippen molar-refractivity contribution in [1.82, 2.24) is 0 Å². The zero-order valence-corrected chi connectivity index (χ0v) is 8.32. The Labute approximate surface area is 85.4 Å². The molecule has 0 aromatic heterocycles. The molecule has 1 nitrogen and oxygen atoms in total. The van der Waals surface area contributed by atoms with Gasteiger partial charge in [0.1, 0.15) is 0 Å². The van der Waals surface area contributed by atoms with Crippen LogP contribution in [0.15, 0.2) is 30.3 Å². The maximum Gasteiger partial charge on any atom is 0.0662 e. The summed E-state index contributed by atoms with van der Waals surface area (Å²) in [5.74, 6) is 0.723. The van der Waals surface area contributed by atoms with Crippen molar-refractivity contribution in [2.75, 3.05) is 0 Å². The van der Waals surface area contributed by atoms with Gasteiger partial charge < -0.3 is 0 Å². The van der Waals surface area contributed by atoms with Crippen LogP contribution in [0.2, 0.25) is 0 Å². The van der Waals surface area contributed by atoms with E-state index in [0.29, 0.717) is 5.92 Å².